The van der Waals surface area contributed by atoms with E-state index in [4.69, 9.17) is 32.7 Å². The maximum atomic E-state index is 12.4. The van der Waals surface area contributed by atoms with Crippen LogP contribution < -0.4 is 20.1 Å². The van der Waals surface area contributed by atoms with Gasteiger partial charge in [-0.25, -0.2) is 0 Å². The number of ether oxygens (including phenoxy) is 2. The van der Waals surface area contributed by atoms with Crippen molar-refractivity contribution >= 4 is 34.8 Å². The Bertz CT molecular complexity index is 798. The number of benzene rings is 2. The molecule has 0 spiro atoms. The molecular weight excluding hydrogens is 363 g/mol. The summed E-state index contributed by atoms with van der Waals surface area (Å²) < 4.78 is 10.6. The summed E-state index contributed by atoms with van der Waals surface area (Å²) in [7, 11) is 0. The zero-order chi connectivity index (χ0) is 18.0. The van der Waals surface area contributed by atoms with E-state index in [0.717, 1.165) is 5.56 Å². The Kier molecular flexibility index (Phi) is 5.37. The van der Waals surface area contributed by atoms with Crippen LogP contribution in [0, 0.1) is 0 Å². The molecule has 1 amide bonds. The number of carbonyl (C=O) groups excluding carboxylic acids is 1. The number of amides is 1. The lowest BCUT2D eigenvalue weighted by Crippen LogP contribution is -2.39. The summed E-state index contributed by atoms with van der Waals surface area (Å²) in [6, 6.07) is 10.1. The van der Waals surface area contributed by atoms with E-state index in [1.54, 1.807) is 37.3 Å². The van der Waals surface area contributed by atoms with Gasteiger partial charge in [0.15, 0.2) is 11.5 Å². The number of nitrogens with one attached hydrogen (secondary N) is 2. The second-order valence-corrected chi connectivity index (χ2v) is 6.68. The lowest BCUT2D eigenvalue weighted by atomic mass is 10.1. The van der Waals surface area contributed by atoms with Gasteiger partial charge in [0.25, 0.3) is 0 Å². The molecule has 1 aliphatic rings. The van der Waals surface area contributed by atoms with Crippen LogP contribution in [0.1, 0.15) is 25.5 Å². The van der Waals surface area contributed by atoms with Gasteiger partial charge in [0.05, 0.1) is 6.04 Å². The third-order valence-electron chi connectivity index (χ3n) is 3.96. The van der Waals surface area contributed by atoms with E-state index in [2.05, 4.69) is 10.6 Å². The molecule has 2 unspecified atom stereocenters. The molecule has 3 rings (SSSR count). The molecule has 25 heavy (non-hydrogen) atoms. The van der Waals surface area contributed by atoms with Crippen LogP contribution in [0.3, 0.4) is 0 Å². The minimum absolute atomic E-state index is 0.109. The number of fused-ring (bicyclic) bond motifs is 1. The summed E-state index contributed by atoms with van der Waals surface area (Å²) in [6.07, 6.45) is 0. The second kappa shape index (κ2) is 7.52. The van der Waals surface area contributed by atoms with Crippen molar-refractivity contribution in [2.75, 3.05) is 12.1 Å². The van der Waals surface area contributed by atoms with Gasteiger partial charge in [0, 0.05) is 27.8 Å². The first-order chi connectivity index (χ1) is 11.9. The average Bonchev–Trinajstić information content (AvgIpc) is 3.02. The zero-order valence-electron chi connectivity index (χ0n) is 13.8. The van der Waals surface area contributed by atoms with Crippen LogP contribution in [0.25, 0.3) is 0 Å². The molecule has 0 radical (unpaired) electrons. The summed E-state index contributed by atoms with van der Waals surface area (Å²) in [4.78, 5) is 12.4. The van der Waals surface area contributed by atoms with Crippen LogP contribution in [0.15, 0.2) is 36.4 Å². The molecule has 5 nitrogen and oxygen atoms in total. The van der Waals surface area contributed by atoms with E-state index in [1.165, 1.54) is 0 Å². The smallest absolute Gasteiger partial charge is 0.241 e. The van der Waals surface area contributed by atoms with Crippen molar-refractivity contribution < 1.29 is 14.3 Å². The molecule has 0 saturated carbocycles. The predicted molar refractivity (Wildman–Crippen MR) is 98.7 cm³/mol. The fourth-order valence-corrected chi connectivity index (χ4v) is 3.19. The molecule has 2 aromatic carbocycles. The minimum atomic E-state index is -0.424. The number of anilines is 1. The highest BCUT2D eigenvalue weighted by molar-refractivity contribution is 6.35. The van der Waals surface area contributed by atoms with Gasteiger partial charge in [-0.1, -0.05) is 29.3 Å². The van der Waals surface area contributed by atoms with Gasteiger partial charge in [-0.2, -0.15) is 0 Å². The third-order valence-corrected chi connectivity index (χ3v) is 4.52. The van der Waals surface area contributed by atoms with Gasteiger partial charge in [-0.05, 0) is 43.7 Å². The number of rotatable bonds is 5. The van der Waals surface area contributed by atoms with Crippen molar-refractivity contribution in [2.24, 2.45) is 0 Å². The van der Waals surface area contributed by atoms with Crippen LogP contribution in [-0.2, 0) is 4.79 Å². The van der Waals surface area contributed by atoms with Crippen molar-refractivity contribution in [3.8, 4) is 11.5 Å². The van der Waals surface area contributed by atoms with Gasteiger partial charge in [0.1, 0.15) is 0 Å². The maximum absolute atomic E-state index is 12.4. The van der Waals surface area contributed by atoms with E-state index in [0.29, 0.717) is 27.2 Å². The molecule has 0 saturated heterocycles. The van der Waals surface area contributed by atoms with Crippen LogP contribution in [0.4, 0.5) is 5.69 Å². The fraction of sp³-hybridized carbons (Fsp3) is 0.278. The molecule has 0 fully saturated rings. The molecule has 2 N–H and O–H groups in total. The van der Waals surface area contributed by atoms with Gasteiger partial charge < -0.3 is 14.8 Å². The van der Waals surface area contributed by atoms with Crippen LogP contribution in [0.5, 0.6) is 11.5 Å². The van der Waals surface area contributed by atoms with Crippen LogP contribution >= 0.6 is 23.2 Å². The first-order valence-electron chi connectivity index (χ1n) is 7.85. The maximum Gasteiger partial charge on any atom is 0.241 e. The molecule has 0 aliphatic carbocycles. The average molecular weight is 381 g/mol. The Morgan fingerprint density at radius 3 is 2.60 bits per heavy atom. The molecule has 1 heterocycles. The van der Waals surface area contributed by atoms with Crippen molar-refractivity contribution in [1.82, 2.24) is 5.32 Å². The number of hydrogen-bond donors (Lipinski definition) is 2. The quantitative estimate of drug-likeness (QED) is 0.806. The Morgan fingerprint density at radius 2 is 1.84 bits per heavy atom. The highest BCUT2D eigenvalue weighted by Gasteiger charge is 2.19. The molecule has 132 valence electrons. The Hall–Kier alpha value is -1.95. The summed E-state index contributed by atoms with van der Waals surface area (Å²) in [5.74, 6) is 1.14. The molecule has 2 aromatic rings. The van der Waals surface area contributed by atoms with Gasteiger partial charge in [0.2, 0.25) is 12.7 Å². The normalized spacial score (nSPS) is 14.9. The van der Waals surface area contributed by atoms with Crippen molar-refractivity contribution in [2.45, 2.75) is 25.9 Å². The van der Waals surface area contributed by atoms with Gasteiger partial charge in [-0.15, -0.1) is 0 Å². The highest BCUT2D eigenvalue weighted by Crippen LogP contribution is 2.34. The number of carbonyl (C=O) groups is 1. The van der Waals surface area contributed by atoms with E-state index in [-0.39, 0.29) is 18.7 Å². The summed E-state index contributed by atoms with van der Waals surface area (Å²) in [5.41, 5.74) is 1.54. The molecule has 7 heteroatoms. The zero-order valence-corrected chi connectivity index (χ0v) is 15.3. The van der Waals surface area contributed by atoms with E-state index >= 15 is 0 Å². The van der Waals surface area contributed by atoms with Crippen LogP contribution in [0.2, 0.25) is 10.0 Å². The summed E-state index contributed by atoms with van der Waals surface area (Å²) >= 11 is 12.1. The Labute approximate surface area is 156 Å². The molecule has 2 atom stereocenters. The first kappa shape index (κ1) is 17.9. The van der Waals surface area contributed by atoms with Crippen molar-refractivity contribution in [1.29, 1.82) is 0 Å². The SMILES string of the molecule is CC(NC(C)c1ccc(Cl)cc1Cl)C(=O)Nc1ccc2c(c1)OCO2. The molecular formula is C18H18Cl2N2O3. The topological polar surface area (TPSA) is 59.6 Å². The molecule has 1 aliphatic heterocycles. The lowest BCUT2D eigenvalue weighted by molar-refractivity contribution is -0.117. The first-order valence-corrected chi connectivity index (χ1v) is 8.61. The monoisotopic (exact) mass is 380 g/mol. The van der Waals surface area contributed by atoms with E-state index in [9.17, 15) is 4.79 Å². The fourth-order valence-electron chi connectivity index (χ4n) is 2.62. The Morgan fingerprint density at radius 1 is 1.08 bits per heavy atom. The van der Waals surface area contributed by atoms with Crippen molar-refractivity contribution in [3.63, 3.8) is 0 Å². The summed E-state index contributed by atoms with van der Waals surface area (Å²) in [5, 5.41) is 7.24. The minimum Gasteiger partial charge on any atom is -0.454 e. The number of hydrogen-bond acceptors (Lipinski definition) is 4. The third kappa shape index (κ3) is 4.18. The molecule has 0 aromatic heterocycles. The summed E-state index contributed by atoms with van der Waals surface area (Å²) in [6.45, 7) is 3.94. The largest absolute Gasteiger partial charge is 0.454 e. The van der Waals surface area contributed by atoms with Crippen molar-refractivity contribution in [3.05, 3.63) is 52.0 Å². The predicted octanol–water partition coefficient (Wildman–Crippen LogP) is 4.40. The van der Waals surface area contributed by atoms with E-state index in [1.807, 2.05) is 13.0 Å². The van der Waals surface area contributed by atoms with Gasteiger partial charge >= 0.3 is 0 Å². The standard InChI is InChI=1S/C18H18Cl2N2O3/c1-10(14-5-3-12(19)7-15(14)20)21-11(2)18(23)22-13-4-6-16-17(8-13)25-9-24-16/h3-8,10-11,21H,9H2,1-2H3,(H,22,23). The second-order valence-electron chi connectivity index (χ2n) is 5.83. The van der Waals surface area contributed by atoms with Gasteiger partial charge in [-0.3, -0.25) is 10.1 Å². The lowest BCUT2D eigenvalue weighted by Gasteiger charge is -2.21. The Balaban J connectivity index is 1.62. The number of halogens is 2. The highest BCUT2D eigenvalue weighted by atomic mass is 35.5. The van der Waals surface area contributed by atoms with E-state index < -0.39 is 6.04 Å². The molecule has 0 bridgehead atoms. The van der Waals surface area contributed by atoms with Crippen LogP contribution in [-0.4, -0.2) is 18.7 Å².